The molecule has 0 saturated heterocycles. The van der Waals surface area contributed by atoms with Gasteiger partial charge in [-0.25, -0.2) is 0 Å². The van der Waals surface area contributed by atoms with Crippen molar-refractivity contribution in [2.75, 3.05) is 0 Å². The summed E-state index contributed by atoms with van der Waals surface area (Å²) in [6, 6.07) is 0. The molecule has 0 N–H and O–H groups in total. The van der Waals surface area contributed by atoms with E-state index in [9.17, 15) is 0 Å². The molecule has 0 aromatic carbocycles. The van der Waals surface area contributed by atoms with Gasteiger partial charge < -0.3 is 0 Å². The number of rotatable bonds is 0. The molecule has 1 radical (unpaired) electrons. The van der Waals surface area contributed by atoms with Crippen molar-refractivity contribution in [1.82, 2.24) is 0 Å². The Morgan fingerprint density at radius 2 is 1.40 bits per heavy atom. The van der Waals surface area contributed by atoms with Crippen LogP contribution in [-0.4, -0.2) is 53.0 Å². The summed E-state index contributed by atoms with van der Waals surface area (Å²) in [7, 11) is 0. The maximum absolute atomic E-state index is 8.56. The van der Waals surface area contributed by atoms with E-state index in [4.69, 9.17) is 11.9 Å². The van der Waals surface area contributed by atoms with E-state index < -0.39 is 15.3 Å². The first-order valence-electron chi connectivity index (χ1n) is 0.548. The van der Waals surface area contributed by atoms with Crippen LogP contribution in [0.1, 0.15) is 0 Å². The quantitative estimate of drug-likeness (QED) is 0.352. The first-order chi connectivity index (χ1) is 1.73. The molecular weight excluding hydrogens is 163 g/mol. The Kier molecular flexibility index (Phi) is 10.8. The van der Waals surface area contributed by atoms with Crippen molar-refractivity contribution in [3.05, 3.63) is 0 Å². The Bertz CT molecular complexity index is 29.9. The fourth-order valence-corrected chi connectivity index (χ4v) is 0. The SMILES string of the molecule is O=[As]([O-])[O-].[Ca+2]. The molecule has 0 amide bonds. The van der Waals surface area contributed by atoms with Crippen LogP contribution in [0.25, 0.3) is 0 Å². The minimum atomic E-state index is -3.94. The third-order valence-electron chi connectivity index (χ3n) is 0. The van der Waals surface area contributed by atoms with Crippen molar-refractivity contribution in [2.45, 2.75) is 0 Å². The van der Waals surface area contributed by atoms with Gasteiger partial charge in [0.05, 0.1) is 0 Å². The molecular formula is AsCaO3. The van der Waals surface area contributed by atoms with Gasteiger partial charge in [-0.15, -0.1) is 0 Å². The van der Waals surface area contributed by atoms with Crippen molar-refractivity contribution in [3.63, 3.8) is 0 Å². The molecule has 0 aliphatic carbocycles. The smallest absolute Gasteiger partial charge is 2.00 e. The molecule has 0 fully saturated rings. The first-order valence-corrected chi connectivity index (χ1v) is 2.85. The van der Waals surface area contributed by atoms with E-state index in [2.05, 4.69) is 0 Å². The molecule has 0 atom stereocenters. The fraction of sp³-hybridized carbons (Fsp3) is 0. The van der Waals surface area contributed by atoms with Crippen LogP contribution in [0.2, 0.25) is 0 Å². The van der Waals surface area contributed by atoms with Gasteiger partial charge >= 0.3 is 64.9 Å². The zero-order valence-corrected chi connectivity index (χ0v) is 6.46. The van der Waals surface area contributed by atoms with Crippen molar-refractivity contribution in [2.24, 2.45) is 0 Å². The molecule has 0 aliphatic heterocycles. The van der Waals surface area contributed by atoms with E-state index in [1.807, 2.05) is 0 Å². The van der Waals surface area contributed by atoms with E-state index in [0.717, 1.165) is 0 Å². The summed E-state index contributed by atoms with van der Waals surface area (Å²) < 4.78 is 25.7. The molecule has 0 spiro atoms. The number of hydrogen-bond acceptors (Lipinski definition) is 3. The Balaban J connectivity index is 0. The van der Waals surface area contributed by atoms with Crippen LogP contribution in [0.15, 0.2) is 0 Å². The van der Waals surface area contributed by atoms with Crippen LogP contribution in [0, 0.1) is 0 Å². The van der Waals surface area contributed by atoms with Crippen LogP contribution in [0.3, 0.4) is 0 Å². The predicted octanol–water partition coefficient (Wildman–Crippen LogP) is -3.26. The molecule has 0 heterocycles. The van der Waals surface area contributed by atoms with Gasteiger partial charge in [0.15, 0.2) is 0 Å². The summed E-state index contributed by atoms with van der Waals surface area (Å²) >= 11 is -3.94. The normalized spacial score (nSPS) is 5.20. The van der Waals surface area contributed by atoms with Gasteiger partial charge in [0.25, 0.3) is 0 Å². The first kappa shape index (κ1) is 9.74. The topological polar surface area (TPSA) is 63.2 Å². The van der Waals surface area contributed by atoms with Gasteiger partial charge in [0.1, 0.15) is 0 Å². The molecule has 5 heteroatoms. The second kappa shape index (κ2) is 5.54. The van der Waals surface area contributed by atoms with Gasteiger partial charge in [0, 0.05) is 0 Å². The van der Waals surface area contributed by atoms with E-state index in [1.54, 1.807) is 0 Å². The average molecular weight is 163 g/mol. The zero-order chi connectivity index (χ0) is 3.58. The molecule has 0 rings (SSSR count). The second-order valence-corrected chi connectivity index (χ2v) is 1.16. The zero-order valence-electron chi connectivity index (χ0n) is 2.38. The van der Waals surface area contributed by atoms with Crippen molar-refractivity contribution < 1.29 is 11.9 Å². The maximum atomic E-state index is 8.56. The fourth-order valence-electron chi connectivity index (χ4n) is 0. The van der Waals surface area contributed by atoms with Gasteiger partial charge in [-0.3, -0.25) is 0 Å². The van der Waals surface area contributed by atoms with Crippen LogP contribution < -0.4 is 8.19 Å². The molecule has 0 saturated carbocycles. The summed E-state index contributed by atoms with van der Waals surface area (Å²) in [5.74, 6) is 0. The van der Waals surface area contributed by atoms with Gasteiger partial charge in [-0.2, -0.15) is 0 Å². The van der Waals surface area contributed by atoms with E-state index in [1.165, 1.54) is 0 Å². The Morgan fingerprint density at radius 1 is 1.40 bits per heavy atom. The minimum Gasteiger partial charge on any atom is 2.00 e. The van der Waals surface area contributed by atoms with Gasteiger partial charge in [0.2, 0.25) is 0 Å². The number of hydrogen-bond donors (Lipinski definition) is 0. The predicted molar refractivity (Wildman–Crippen MR) is 12.2 cm³/mol. The molecule has 0 unspecified atom stereocenters. The van der Waals surface area contributed by atoms with Crippen LogP contribution in [0.5, 0.6) is 0 Å². The standard InChI is InChI=1S/AsO3.Ca/c2-1(3)4;/q-2;+2. The third-order valence-corrected chi connectivity index (χ3v) is 0. The molecule has 0 bridgehead atoms. The Hall–Kier alpha value is 1.54. The average Bonchev–Trinajstić information content (AvgIpc) is 0.811. The summed E-state index contributed by atoms with van der Waals surface area (Å²) in [5, 5.41) is 0. The van der Waals surface area contributed by atoms with Crippen molar-refractivity contribution in [3.8, 4) is 0 Å². The molecule has 0 aliphatic rings. The summed E-state index contributed by atoms with van der Waals surface area (Å²) in [4.78, 5) is 0. The largest absolute Gasteiger partial charge is 2.00 e. The Morgan fingerprint density at radius 3 is 1.40 bits per heavy atom. The second-order valence-electron chi connectivity index (χ2n) is 0.224. The van der Waals surface area contributed by atoms with E-state index >= 15 is 0 Å². The summed E-state index contributed by atoms with van der Waals surface area (Å²) in [6.45, 7) is 0. The maximum Gasteiger partial charge on any atom is 2.00 e. The van der Waals surface area contributed by atoms with E-state index in [-0.39, 0.29) is 37.7 Å². The van der Waals surface area contributed by atoms with Crippen LogP contribution in [0.4, 0.5) is 0 Å². The molecule has 5 heavy (non-hydrogen) atoms. The van der Waals surface area contributed by atoms with Crippen LogP contribution in [-0.2, 0) is 3.74 Å². The van der Waals surface area contributed by atoms with Crippen LogP contribution >= 0.6 is 0 Å². The van der Waals surface area contributed by atoms with Gasteiger partial charge in [-0.05, 0) is 0 Å². The molecule has 25 valence electrons. The van der Waals surface area contributed by atoms with E-state index in [0.29, 0.717) is 0 Å². The molecule has 0 aromatic heterocycles. The minimum absolute atomic E-state index is 0. The summed E-state index contributed by atoms with van der Waals surface area (Å²) in [6.07, 6.45) is 0. The molecule has 0 aromatic rings. The van der Waals surface area contributed by atoms with Crippen molar-refractivity contribution >= 4 is 53.0 Å². The molecule has 3 nitrogen and oxygen atoms in total. The third kappa shape index (κ3) is 29.3. The monoisotopic (exact) mass is 163 g/mol. The van der Waals surface area contributed by atoms with Gasteiger partial charge in [-0.1, -0.05) is 0 Å². The van der Waals surface area contributed by atoms with Crippen molar-refractivity contribution in [1.29, 1.82) is 0 Å². The summed E-state index contributed by atoms with van der Waals surface area (Å²) in [5.41, 5.74) is 0. The Labute approximate surface area is 64.2 Å².